The van der Waals surface area contributed by atoms with E-state index >= 15 is 0 Å². The summed E-state index contributed by atoms with van der Waals surface area (Å²) >= 11 is 5.98. The van der Waals surface area contributed by atoms with Gasteiger partial charge in [-0.25, -0.2) is 4.79 Å². The number of nitrogens with one attached hydrogen (secondary N) is 1. The first-order valence-electron chi connectivity index (χ1n) is 12.1. The number of urea groups is 1. The maximum atomic E-state index is 13.2. The summed E-state index contributed by atoms with van der Waals surface area (Å²) in [5.74, 6) is -0.214. The molecule has 2 aliphatic rings. The van der Waals surface area contributed by atoms with Gasteiger partial charge in [0.25, 0.3) is 11.8 Å². The van der Waals surface area contributed by atoms with E-state index in [2.05, 4.69) is 11.9 Å². The largest absolute Gasteiger partial charge is 0.490 e. The van der Waals surface area contributed by atoms with Crippen molar-refractivity contribution >= 4 is 35.5 Å². The smallest absolute Gasteiger partial charge is 0.331 e. The van der Waals surface area contributed by atoms with E-state index in [1.54, 1.807) is 24.3 Å². The molecule has 1 heterocycles. The minimum atomic E-state index is -0.703. The van der Waals surface area contributed by atoms with Crippen LogP contribution in [-0.4, -0.2) is 35.4 Å². The maximum absolute atomic E-state index is 13.2. The minimum Gasteiger partial charge on any atom is -0.490 e. The highest BCUT2D eigenvalue weighted by Gasteiger charge is 2.40. The molecule has 2 fully saturated rings. The topological polar surface area (TPSA) is 84.9 Å². The summed E-state index contributed by atoms with van der Waals surface area (Å²) in [6.45, 7) is 6.41. The van der Waals surface area contributed by atoms with Gasteiger partial charge in [0.1, 0.15) is 12.2 Å². The fourth-order valence-electron chi connectivity index (χ4n) is 4.57. The van der Waals surface area contributed by atoms with Crippen LogP contribution in [0.4, 0.5) is 4.79 Å². The second kappa shape index (κ2) is 11.4. The van der Waals surface area contributed by atoms with Crippen molar-refractivity contribution in [2.75, 3.05) is 6.61 Å². The van der Waals surface area contributed by atoms with Gasteiger partial charge in [-0.1, -0.05) is 42.7 Å². The SMILES string of the molecule is C=CCc1cc(/C=C2\C(=O)NC(=O)N(C3CCCC3)C2=O)cc(OCC)c1OCc1ccc(Cl)cc1. The summed E-state index contributed by atoms with van der Waals surface area (Å²) in [7, 11) is 0. The molecule has 1 aliphatic heterocycles. The van der Waals surface area contributed by atoms with Gasteiger partial charge in [-0.2, -0.15) is 0 Å². The molecular weight excluding hydrogens is 480 g/mol. The Morgan fingerprint density at radius 1 is 1.11 bits per heavy atom. The average molecular weight is 509 g/mol. The second-order valence-electron chi connectivity index (χ2n) is 8.78. The molecule has 0 spiro atoms. The predicted octanol–water partition coefficient (Wildman–Crippen LogP) is 5.45. The van der Waals surface area contributed by atoms with Crippen molar-refractivity contribution < 1.29 is 23.9 Å². The molecule has 0 aromatic heterocycles. The zero-order valence-corrected chi connectivity index (χ0v) is 21.0. The molecule has 1 saturated heterocycles. The number of amides is 4. The molecule has 1 aliphatic carbocycles. The Bertz CT molecular complexity index is 1200. The highest BCUT2D eigenvalue weighted by Crippen LogP contribution is 2.36. The number of ether oxygens (including phenoxy) is 2. The average Bonchev–Trinajstić information content (AvgIpc) is 3.37. The third kappa shape index (κ3) is 5.62. The minimum absolute atomic E-state index is 0.0802. The first kappa shape index (κ1) is 25.5. The van der Waals surface area contributed by atoms with Crippen LogP contribution in [0.1, 0.15) is 49.3 Å². The molecule has 0 unspecified atom stereocenters. The van der Waals surface area contributed by atoms with Crippen molar-refractivity contribution in [3.8, 4) is 11.5 Å². The summed E-state index contributed by atoms with van der Waals surface area (Å²) in [4.78, 5) is 39.4. The van der Waals surface area contributed by atoms with E-state index in [-0.39, 0.29) is 11.6 Å². The van der Waals surface area contributed by atoms with Gasteiger partial charge in [0.05, 0.1) is 6.61 Å². The molecular formula is C28H29ClN2O5. The number of hydrogen-bond acceptors (Lipinski definition) is 5. The van der Waals surface area contributed by atoms with E-state index < -0.39 is 17.8 Å². The molecule has 0 atom stereocenters. The first-order valence-corrected chi connectivity index (χ1v) is 12.5. The second-order valence-corrected chi connectivity index (χ2v) is 9.22. The molecule has 1 N–H and O–H groups in total. The molecule has 2 aromatic rings. The van der Waals surface area contributed by atoms with Gasteiger partial charge in [0.2, 0.25) is 0 Å². The van der Waals surface area contributed by atoms with Crippen LogP contribution in [0, 0.1) is 0 Å². The van der Waals surface area contributed by atoms with E-state index in [0.717, 1.165) is 36.8 Å². The van der Waals surface area contributed by atoms with Crippen molar-refractivity contribution in [1.82, 2.24) is 10.2 Å². The molecule has 2 aromatic carbocycles. The summed E-state index contributed by atoms with van der Waals surface area (Å²) < 4.78 is 12.0. The van der Waals surface area contributed by atoms with Crippen LogP contribution < -0.4 is 14.8 Å². The number of barbiturate groups is 1. The van der Waals surface area contributed by atoms with Crippen LogP contribution in [0.3, 0.4) is 0 Å². The van der Waals surface area contributed by atoms with Gasteiger partial charge in [-0.05, 0) is 67.7 Å². The number of carbonyl (C=O) groups is 3. The quantitative estimate of drug-likeness (QED) is 0.276. The van der Waals surface area contributed by atoms with E-state index in [4.69, 9.17) is 21.1 Å². The highest BCUT2D eigenvalue weighted by molar-refractivity contribution is 6.31. The predicted molar refractivity (Wildman–Crippen MR) is 138 cm³/mol. The third-order valence-electron chi connectivity index (χ3n) is 6.25. The number of hydrogen-bond donors (Lipinski definition) is 1. The highest BCUT2D eigenvalue weighted by atomic mass is 35.5. The first-order chi connectivity index (χ1) is 17.4. The van der Waals surface area contributed by atoms with E-state index in [9.17, 15) is 14.4 Å². The number of benzene rings is 2. The summed E-state index contributed by atoms with van der Waals surface area (Å²) in [6, 6.07) is 10.1. The molecule has 7 nitrogen and oxygen atoms in total. The molecule has 1 saturated carbocycles. The van der Waals surface area contributed by atoms with Crippen molar-refractivity contribution in [2.45, 2.75) is 51.7 Å². The molecule has 0 bridgehead atoms. The Morgan fingerprint density at radius 2 is 1.83 bits per heavy atom. The van der Waals surface area contributed by atoms with Crippen LogP contribution in [0.2, 0.25) is 5.02 Å². The molecule has 8 heteroatoms. The molecule has 188 valence electrons. The van der Waals surface area contributed by atoms with Gasteiger partial charge in [0.15, 0.2) is 11.5 Å². The third-order valence-corrected chi connectivity index (χ3v) is 6.50. The number of nitrogens with zero attached hydrogens (tertiary/aromatic N) is 1. The van der Waals surface area contributed by atoms with E-state index in [1.165, 1.54) is 11.0 Å². The zero-order chi connectivity index (χ0) is 25.7. The normalized spacial score (nSPS) is 17.4. The fraction of sp³-hybridized carbons (Fsp3) is 0.321. The van der Waals surface area contributed by atoms with Gasteiger partial charge >= 0.3 is 6.03 Å². The number of rotatable bonds is 9. The van der Waals surface area contributed by atoms with Crippen LogP contribution in [-0.2, 0) is 22.6 Å². The van der Waals surface area contributed by atoms with Crippen molar-refractivity contribution in [1.29, 1.82) is 0 Å². The van der Waals surface area contributed by atoms with Gasteiger partial charge < -0.3 is 9.47 Å². The van der Waals surface area contributed by atoms with Crippen molar-refractivity contribution in [3.05, 3.63) is 76.3 Å². The molecule has 4 rings (SSSR count). The Labute approximate surface area is 215 Å². The van der Waals surface area contributed by atoms with Crippen LogP contribution in [0.25, 0.3) is 6.08 Å². The lowest BCUT2D eigenvalue weighted by molar-refractivity contribution is -0.131. The Balaban J connectivity index is 1.68. The maximum Gasteiger partial charge on any atom is 0.331 e. The van der Waals surface area contributed by atoms with Crippen LogP contribution in [0.5, 0.6) is 11.5 Å². The van der Waals surface area contributed by atoms with Gasteiger partial charge in [-0.3, -0.25) is 19.8 Å². The van der Waals surface area contributed by atoms with E-state index in [1.807, 2.05) is 25.1 Å². The lowest BCUT2D eigenvalue weighted by Gasteiger charge is -2.31. The van der Waals surface area contributed by atoms with Crippen LogP contribution >= 0.6 is 11.6 Å². The molecule has 0 radical (unpaired) electrons. The lowest BCUT2D eigenvalue weighted by atomic mass is 10.0. The van der Waals surface area contributed by atoms with Gasteiger partial charge in [0, 0.05) is 16.6 Å². The van der Waals surface area contributed by atoms with Crippen LogP contribution in [0.15, 0.2) is 54.6 Å². The zero-order valence-electron chi connectivity index (χ0n) is 20.2. The standard InChI is InChI=1S/C28H29ClN2O5/c1-3-7-20-14-19(15-23-26(32)30-28(34)31(27(23)33)22-8-5-6-9-22)16-24(35-4-2)25(20)36-17-18-10-12-21(29)13-11-18/h3,10-16,22H,1,4-9,17H2,2H3,(H,30,32,34)/b23-15+. The number of imide groups is 2. The summed E-state index contributed by atoms with van der Waals surface area (Å²) in [5.41, 5.74) is 2.25. The number of allylic oxidation sites excluding steroid dienone is 1. The summed E-state index contributed by atoms with van der Waals surface area (Å²) in [5, 5.41) is 2.96. The Hall–Kier alpha value is -3.58. The Kier molecular flexibility index (Phi) is 8.10. The monoisotopic (exact) mass is 508 g/mol. The van der Waals surface area contributed by atoms with Gasteiger partial charge in [-0.15, -0.1) is 6.58 Å². The van der Waals surface area contributed by atoms with E-state index in [0.29, 0.717) is 41.7 Å². The van der Waals surface area contributed by atoms with Crippen molar-refractivity contribution in [3.63, 3.8) is 0 Å². The molecule has 4 amide bonds. The number of carbonyl (C=O) groups excluding carboxylic acids is 3. The summed E-state index contributed by atoms with van der Waals surface area (Å²) in [6.07, 6.45) is 7.14. The lowest BCUT2D eigenvalue weighted by Crippen LogP contribution is -2.57. The van der Waals surface area contributed by atoms with Crippen molar-refractivity contribution in [2.24, 2.45) is 0 Å². The number of halogens is 1. The fourth-order valence-corrected chi connectivity index (χ4v) is 4.69. The Morgan fingerprint density at radius 3 is 2.50 bits per heavy atom. The molecule has 36 heavy (non-hydrogen) atoms.